The van der Waals surface area contributed by atoms with E-state index in [1.165, 1.54) is 10.9 Å². The quantitative estimate of drug-likeness (QED) is 0.593. The average molecular weight is 395 g/mol. The largest absolute Gasteiger partial charge is 0.497 e. The van der Waals surface area contributed by atoms with Gasteiger partial charge in [0.15, 0.2) is 0 Å². The molecule has 1 heterocycles. The fourth-order valence-electron chi connectivity index (χ4n) is 2.90. The van der Waals surface area contributed by atoms with Crippen LogP contribution < -0.4 is 15.6 Å². The van der Waals surface area contributed by atoms with Gasteiger partial charge in [0.05, 0.1) is 29.8 Å². The molecule has 1 amide bonds. The van der Waals surface area contributed by atoms with E-state index in [-0.39, 0.29) is 17.6 Å². The summed E-state index contributed by atoms with van der Waals surface area (Å²) in [5.74, 6) is 0.454. The van der Waals surface area contributed by atoms with Crippen LogP contribution in [0.3, 0.4) is 0 Å². The molecule has 0 fully saturated rings. The van der Waals surface area contributed by atoms with Crippen LogP contribution in [0.1, 0.15) is 30.6 Å². The number of carbonyl (C=O) groups excluding carboxylic acids is 1. The van der Waals surface area contributed by atoms with Crippen LogP contribution in [0.5, 0.6) is 5.75 Å². The van der Waals surface area contributed by atoms with E-state index in [0.29, 0.717) is 41.1 Å². The van der Waals surface area contributed by atoms with Crippen molar-refractivity contribution >= 4 is 16.8 Å². The highest BCUT2D eigenvalue weighted by Gasteiger charge is 2.11. The molecule has 1 aromatic heterocycles. The monoisotopic (exact) mass is 395 g/mol. The first kappa shape index (κ1) is 20.5. The highest BCUT2D eigenvalue weighted by molar-refractivity contribution is 5.97. The molecule has 2 aromatic carbocycles. The van der Waals surface area contributed by atoms with Gasteiger partial charge in [-0.05, 0) is 50.6 Å². The Morgan fingerprint density at radius 3 is 2.79 bits per heavy atom. The molecule has 1 N–H and O–H groups in total. The van der Waals surface area contributed by atoms with Crippen LogP contribution in [0.4, 0.5) is 0 Å². The first-order chi connectivity index (χ1) is 14.0. The molecule has 3 aromatic rings. The topological polar surface area (TPSA) is 82.5 Å². The highest BCUT2D eigenvalue weighted by atomic mass is 16.5. The second-order valence-corrected chi connectivity index (χ2v) is 6.88. The van der Waals surface area contributed by atoms with Gasteiger partial charge in [-0.15, -0.1) is 0 Å². The molecular formula is C22H25N3O4. The van der Waals surface area contributed by atoms with E-state index in [2.05, 4.69) is 10.3 Å². The molecule has 0 saturated carbocycles. The number of carbonyl (C=O) groups is 1. The van der Waals surface area contributed by atoms with Gasteiger partial charge in [0.25, 0.3) is 11.5 Å². The number of methoxy groups -OCH3 is 1. The third-order valence-corrected chi connectivity index (χ3v) is 4.41. The summed E-state index contributed by atoms with van der Waals surface area (Å²) in [7, 11) is 1.57. The van der Waals surface area contributed by atoms with Crippen molar-refractivity contribution in [3.8, 4) is 11.4 Å². The SMILES string of the molecule is COc1cccc(-n2cnc3cc(C(=O)NCCCOC(C)C)ccc3c2=O)c1. The van der Waals surface area contributed by atoms with Crippen LogP contribution in [-0.4, -0.2) is 41.8 Å². The van der Waals surface area contributed by atoms with E-state index >= 15 is 0 Å². The summed E-state index contributed by atoms with van der Waals surface area (Å²) in [6, 6.07) is 12.1. The Hall–Kier alpha value is -3.19. The molecule has 0 radical (unpaired) electrons. The fourth-order valence-corrected chi connectivity index (χ4v) is 2.90. The summed E-state index contributed by atoms with van der Waals surface area (Å²) in [5, 5.41) is 3.30. The minimum absolute atomic E-state index is 0.179. The Bertz CT molecular complexity index is 1060. The van der Waals surface area contributed by atoms with E-state index in [1.807, 2.05) is 32.0 Å². The second kappa shape index (κ2) is 9.34. The Morgan fingerprint density at radius 2 is 2.03 bits per heavy atom. The lowest BCUT2D eigenvalue weighted by atomic mass is 10.1. The second-order valence-electron chi connectivity index (χ2n) is 6.88. The van der Waals surface area contributed by atoms with Gasteiger partial charge in [0.1, 0.15) is 12.1 Å². The maximum atomic E-state index is 12.9. The number of ether oxygens (including phenoxy) is 2. The standard InChI is InChI=1S/C22H25N3O4/c1-15(2)29-11-5-10-23-21(26)16-8-9-19-20(12-16)24-14-25(22(19)27)17-6-4-7-18(13-17)28-3/h4,6-9,12-15H,5,10-11H2,1-3H3,(H,23,26). The van der Waals surface area contributed by atoms with E-state index in [1.54, 1.807) is 31.4 Å². The molecule has 0 spiro atoms. The number of nitrogens with one attached hydrogen (secondary N) is 1. The van der Waals surface area contributed by atoms with Crippen molar-refractivity contribution in [2.45, 2.75) is 26.4 Å². The normalized spacial score (nSPS) is 11.0. The highest BCUT2D eigenvalue weighted by Crippen LogP contribution is 2.16. The van der Waals surface area contributed by atoms with E-state index in [0.717, 1.165) is 6.42 Å². The van der Waals surface area contributed by atoms with Crippen molar-refractivity contribution in [2.24, 2.45) is 0 Å². The van der Waals surface area contributed by atoms with Crippen molar-refractivity contribution in [2.75, 3.05) is 20.3 Å². The third kappa shape index (κ3) is 5.00. The van der Waals surface area contributed by atoms with Crippen molar-refractivity contribution in [1.82, 2.24) is 14.9 Å². The molecule has 29 heavy (non-hydrogen) atoms. The zero-order valence-electron chi connectivity index (χ0n) is 16.8. The molecule has 0 aliphatic carbocycles. The molecule has 0 aliphatic rings. The van der Waals surface area contributed by atoms with E-state index < -0.39 is 0 Å². The number of hydrogen-bond donors (Lipinski definition) is 1. The summed E-state index contributed by atoms with van der Waals surface area (Å²) in [5.41, 5.74) is 1.40. The van der Waals surface area contributed by atoms with Gasteiger partial charge < -0.3 is 14.8 Å². The summed E-state index contributed by atoms with van der Waals surface area (Å²) in [4.78, 5) is 29.6. The van der Waals surface area contributed by atoms with Crippen LogP contribution in [-0.2, 0) is 4.74 Å². The van der Waals surface area contributed by atoms with Crippen LogP contribution in [0.2, 0.25) is 0 Å². The Kier molecular flexibility index (Phi) is 6.61. The molecule has 152 valence electrons. The Labute approximate surface area is 169 Å². The van der Waals surface area contributed by atoms with Gasteiger partial charge >= 0.3 is 0 Å². The lowest BCUT2D eigenvalue weighted by Gasteiger charge is -2.10. The number of hydrogen-bond acceptors (Lipinski definition) is 5. The smallest absolute Gasteiger partial charge is 0.265 e. The summed E-state index contributed by atoms with van der Waals surface area (Å²) in [6.45, 7) is 5.07. The van der Waals surface area contributed by atoms with Gasteiger partial charge in [0.2, 0.25) is 0 Å². The molecule has 7 nitrogen and oxygen atoms in total. The molecule has 0 atom stereocenters. The van der Waals surface area contributed by atoms with Crippen LogP contribution in [0.15, 0.2) is 53.6 Å². The van der Waals surface area contributed by atoms with E-state index in [9.17, 15) is 9.59 Å². The van der Waals surface area contributed by atoms with Crippen molar-refractivity contribution in [1.29, 1.82) is 0 Å². The first-order valence-corrected chi connectivity index (χ1v) is 9.55. The number of fused-ring (bicyclic) bond motifs is 1. The Morgan fingerprint density at radius 1 is 1.21 bits per heavy atom. The summed E-state index contributed by atoms with van der Waals surface area (Å²) >= 11 is 0. The number of benzene rings is 2. The Balaban J connectivity index is 1.77. The zero-order valence-corrected chi connectivity index (χ0v) is 16.8. The maximum Gasteiger partial charge on any atom is 0.265 e. The van der Waals surface area contributed by atoms with Crippen molar-refractivity contribution in [3.05, 3.63) is 64.7 Å². The molecule has 0 unspecified atom stereocenters. The molecular weight excluding hydrogens is 370 g/mol. The van der Waals surface area contributed by atoms with Crippen LogP contribution >= 0.6 is 0 Å². The van der Waals surface area contributed by atoms with Gasteiger partial charge in [-0.3, -0.25) is 14.2 Å². The number of nitrogens with zero attached hydrogens (tertiary/aromatic N) is 2. The predicted molar refractivity (Wildman–Crippen MR) is 112 cm³/mol. The lowest BCUT2D eigenvalue weighted by molar-refractivity contribution is 0.0757. The first-order valence-electron chi connectivity index (χ1n) is 9.55. The maximum absolute atomic E-state index is 12.9. The molecule has 0 saturated heterocycles. The summed E-state index contributed by atoms with van der Waals surface area (Å²) < 4.78 is 12.1. The van der Waals surface area contributed by atoms with Gasteiger partial charge in [0, 0.05) is 24.8 Å². The van der Waals surface area contributed by atoms with Crippen LogP contribution in [0.25, 0.3) is 16.6 Å². The minimum Gasteiger partial charge on any atom is -0.497 e. The predicted octanol–water partition coefficient (Wildman–Crippen LogP) is 2.94. The number of aromatic nitrogens is 2. The molecule has 0 aliphatic heterocycles. The van der Waals surface area contributed by atoms with Crippen molar-refractivity contribution < 1.29 is 14.3 Å². The third-order valence-electron chi connectivity index (χ3n) is 4.41. The molecule has 7 heteroatoms. The average Bonchev–Trinajstić information content (AvgIpc) is 2.73. The number of rotatable bonds is 8. The number of amides is 1. The van der Waals surface area contributed by atoms with Gasteiger partial charge in [-0.2, -0.15) is 0 Å². The van der Waals surface area contributed by atoms with Crippen LogP contribution in [0, 0.1) is 0 Å². The van der Waals surface area contributed by atoms with Gasteiger partial charge in [-0.1, -0.05) is 6.07 Å². The van der Waals surface area contributed by atoms with Crippen molar-refractivity contribution in [3.63, 3.8) is 0 Å². The fraction of sp³-hybridized carbons (Fsp3) is 0.318. The van der Waals surface area contributed by atoms with Gasteiger partial charge in [-0.25, -0.2) is 4.98 Å². The lowest BCUT2D eigenvalue weighted by Crippen LogP contribution is -2.26. The molecule has 0 bridgehead atoms. The molecule has 3 rings (SSSR count). The van der Waals surface area contributed by atoms with E-state index in [4.69, 9.17) is 9.47 Å². The minimum atomic E-state index is -0.207. The zero-order chi connectivity index (χ0) is 20.8. The summed E-state index contributed by atoms with van der Waals surface area (Å²) in [6.07, 6.45) is 2.38.